The number of ether oxygens (including phenoxy) is 2. The molecule has 13 heavy (non-hydrogen) atoms. The molecular formula is C10H21NO2. The van der Waals surface area contributed by atoms with Crippen LogP contribution in [0.4, 0.5) is 0 Å². The van der Waals surface area contributed by atoms with Gasteiger partial charge in [-0.1, -0.05) is 0 Å². The van der Waals surface area contributed by atoms with Gasteiger partial charge in [0.15, 0.2) is 0 Å². The molecule has 1 heterocycles. The van der Waals surface area contributed by atoms with Gasteiger partial charge < -0.3 is 9.47 Å². The summed E-state index contributed by atoms with van der Waals surface area (Å²) < 4.78 is 10.8. The number of likely N-dealkylation sites (tertiary alicyclic amines) is 1. The minimum atomic E-state index is 0.354. The van der Waals surface area contributed by atoms with E-state index in [1.54, 1.807) is 7.11 Å². The first kappa shape index (κ1) is 11.0. The molecule has 3 nitrogen and oxygen atoms in total. The maximum absolute atomic E-state index is 5.74. The molecule has 1 rings (SSSR count). The van der Waals surface area contributed by atoms with Crippen LogP contribution in [0.15, 0.2) is 0 Å². The van der Waals surface area contributed by atoms with Gasteiger partial charge in [0.1, 0.15) is 0 Å². The van der Waals surface area contributed by atoms with E-state index >= 15 is 0 Å². The number of rotatable bonds is 5. The molecule has 1 fully saturated rings. The Bertz CT molecular complexity index is 139. The molecule has 0 amide bonds. The summed E-state index contributed by atoms with van der Waals surface area (Å²) in [6.07, 6.45) is 1.96. The van der Waals surface area contributed by atoms with Crippen molar-refractivity contribution in [3.63, 3.8) is 0 Å². The zero-order chi connectivity index (χ0) is 9.68. The first-order valence-electron chi connectivity index (χ1n) is 5.09. The highest BCUT2D eigenvalue weighted by Crippen LogP contribution is 2.13. The van der Waals surface area contributed by atoms with Gasteiger partial charge in [-0.2, -0.15) is 0 Å². The molecule has 0 aliphatic carbocycles. The Kier molecular flexibility index (Phi) is 4.70. The normalized spacial score (nSPS) is 24.5. The van der Waals surface area contributed by atoms with Crippen LogP contribution in [0, 0.1) is 0 Å². The fraction of sp³-hybridized carbons (Fsp3) is 1.00. The summed E-state index contributed by atoms with van der Waals surface area (Å²) in [5.41, 5.74) is 0. The molecule has 1 unspecified atom stereocenters. The fourth-order valence-electron chi connectivity index (χ4n) is 1.72. The third kappa shape index (κ3) is 4.07. The van der Waals surface area contributed by atoms with Crippen molar-refractivity contribution in [2.24, 2.45) is 0 Å². The Balaban J connectivity index is 2.12. The van der Waals surface area contributed by atoms with E-state index in [0.29, 0.717) is 12.2 Å². The van der Waals surface area contributed by atoms with E-state index in [1.165, 1.54) is 6.42 Å². The van der Waals surface area contributed by atoms with Crippen molar-refractivity contribution in [2.75, 3.05) is 33.4 Å². The summed E-state index contributed by atoms with van der Waals surface area (Å²) in [4.78, 5) is 2.40. The summed E-state index contributed by atoms with van der Waals surface area (Å²) in [6.45, 7) is 8.28. The second-order valence-corrected chi connectivity index (χ2v) is 3.89. The van der Waals surface area contributed by atoms with Crippen molar-refractivity contribution in [1.82, 2.24) is 4.90 Å². The third-order valence-corrected chi connectivity index (χ3v) is 2.31. The van der Waals surface area contributed by atoms with E-state index in [4.69, 9.17) is 9.47 Å². The maximum Gasteiger partial charge on any atom is 0.0717 e. The lowest BCUT2D eigenvalue weighted by Gasteiger charge is -2.17. The van der Waals surface area contributed by atoms with Crippen LogP contribution >= 0.6 is 0 Å². The topological polar surface area (TPSA) is 21.7 Å². The Morgan fingerprint density at radius 1 is 1.46 bits per heavy atom. The van der Waals surface area contributed by atoms with Gasteiger partial charge in [-0.25, -0.2) is 0 Å². The van der Waals surface area contributed by atoms with Crippen LogP contribution in [0.2, 0.25) is 0 Å². The van der Waals surface area contributed by atoms with Crippen molar-refractivity contribution in [1.29, 1.82) is 0 Å². The van der Waals surface area contributed by atoms with Gasteiger partial charge in [-0.05, 0) is 20.3 Å². The summed E-state index contributed by atoms with van der Waals surface area (Å²) >= 11 is 0. The summed E-state index contributed by atoms with van der Waals surface area (Å²) in [6, 6.07) is 0. The van der Waals surface area contributed by atoms with Crippen LogP contribution in [-0.2, 0) is 9.47 Å². The lowest BCUT2D eigenvalue weighted by molar-refractivity contribution is 0.0129. The van der Waals surface area contributed by atoms with E-state index in [1.807, 2.05) is 0 Å². The molecule has 0 bridgehead atoms. The predicted octanol–water partition coefficient (Wildman–Crippen LogP) is 1.13. The Hall–Kier alpha value is -0.120. The highest BCUT2D eigenvalue weighted by atomic mass is 16.5. The van der Waals surface area contributed by atoms with E-state index < -0.39 is 0 Å². The van der Waals surface area contributed by atoms with Crippen LogP contribution in [0.3, 0.4) is 0 Å². The molecule has 0 radical (unpaired) electrons. The minimum absolute atomic E-state index is 0.354. The zero-order valence-corrected chi connectivity index (χ0v) is 8.95. The first-order valence-corrected chi connectivity index (χ1v) is 5.09. The van der Waals surface area contributed by atoms with Gasteiger partial charge >= 0.3 is 0 Å². The number of hydrogen-bond donors (Lipinski definition) is 0. The van der Waals surface area contributed by atoms with Crippen LogP contribution in [0.1, 0.15) is 20.3 Å². The van der Waals surface area contributed by atoms with Gasteiger partial charge in [0.2, 0.25) is 0 Å². The molecular weight excluding hydrogens is 166 g/mol. The van der Waals surface area contributed by atoms with Crippen molar-refractivity contribution >= 4 is 0 Å². The summed E-state index contributed by atoms with van der Waals surface area (Å²) in [5, 5.41) is 0. The number of hydrogen-bond acceptors (Lipinski definition) is 3. The third-order valence-electron chi connectivity index (χ3n) is 2.31. The average molecular weight is 187 g/mol. The van der Waals surface area contributed by atoms with Gasteiger partial charge in [0.05, 0.1) is 18.8 Å². The van der Waals surface area contributed by atoms with E-state index in [0.717, 1.165) is 26.2 Å². The Morgan fingerprint density at radius 2 is 2.23 bits per heavy atom. The molecule has 78 valence electrons. The smallest absolute Gasteiger partial charge is 0.0717 e. The van der Waals surface area contributed by atoms with E-state index in [2.05, 4.69) is 18.7 Å². The van der Waals surface area contributed by atoms with Crippen molar-refractivity contribution in [3.8, 4) is 0 Å². The van der Waals surface area contributed by atoms with Crippen molar-refractivity contribution in [2.45, 2.75) is 32.5 Å². The maximum atomic E-state index is 5.74. The molecule has 0 saturated carbocycles. The molecule has 0 aromatic carbocycles. The highest BCUT2D eigenvalue weighted by Gasteiger charge is 2.22. The second-order valence-electron chi connectivity index (χ2n) is 3.89. The van der Waals surface area contributed by atoms with Crippen molar-refractivity contribution < 1.29 is 9.47 Å². The molecule has 0 aromatic heterocycles. The van der Waals surface area contributed by atoms with Crippen LogP contribution in [0.25, 0.3) is 0 Å². The van der Waals surface area contributed by atoms with Crippen molar-refractivity contribution in [3.05, 3.63) is 0 Å². The molecule has 1 saturated heterocycles. The number of nitrogens with zero attached hydrogens (tertiary/aromatic N) is 1. The Morgan fingerprint density at radius 3 is 2.85 bits per heavy atom. The summed E-state index contributed by atoms with van der Waals surface area (Å²) in [7, 11) is 1.75. The molecule has 3 heteroatoms. The molecule has 0 N–H and O–H groups in total. The van der Waals surface area contributed by atoms with Gasteiger partial charge in [0.25, 0.3) is 0 Å². The van der Waals surface area contributed by atoms with Crippen LogP contribution in [0.5, 0.6) is 0 Å². The van der Waals surface area contributed by atoms with Gasteiger partial charge in [-0.15, -0.1) is 0 Å². The van der Waals surface area contributed by atoms with Gasteiger partial charge in [-0.3, -0.25) is 4.90 Å². The summed E-state index contributed by atoms with van der Waals surface area (Å²) in [5.74, 6) is 0. The Labute approximate surface area is 81.0 Å². The molecule has 1 aliphatic rings. The monoisotopic (exact) mass is 187 g/mol. The largest absolute Gasteiger partial charge is 0.383 e. The standard InChI is InChI=1S/C10H21NO2/c1-9(2)13-10-4-5-11(8-10)6-7-12-3/h9-10H,4-8H2,1-3H3. The molecule has 0 aromatic rings. The van der Waals surface area contributed by atoms with Gasteiger partial charge in [0, 0.05) is 26.7 Å². The SMILES string of the molecule is COCCN1CCC(OC(C)C)C1. The fourth-order valence-corrected chi connectivity index (χ4v) is 1.72. The lowest BCUT2D eigenvalue weighted by atomic mass is 10.3. The number of methoxy groups -OCH3 is 1. The molecule has 1 atom stereocenters. The zero-order valence-electron chi connectivity index (χ0n) is 8.95. The minimum Gasteiger partial charge on any atom is -0.383 e. The quantitative estimate of drug-likeness (QED) is 0.644. The molecule has 0 spiro atoms. The second kappa shape index (κ2) is 5.58. The molecule has 1 aliphatic heterocycles. The highest BCUT2D eigenvalue weighted by molar-refractivity contribution is 4.76. The first-order chi connectivity index (χ1) is 6.22. The predicted molar refractivity (Wildman–Crippen MR) is 52.9 cm³/mol. The van der Waals surface area contributed by atoms with Crippen LogP contribution < -0.4 is 0 Å². The van der Waals surface area contributed by atoms with E-state index in [-0.39, 0.29) is 0 Å². The average Bonchev–Trinajstić information content (AvgIpc) is 2.48. The lowest BCUT2D eigenvalue weighted by Crippen LogP contribution is -2.27. The van der Waals surface area contributed by atoms with E-state index in [9.17, 15) is 0 Å². The van der Waals surface area contributed by atoms with Crippen LogP contribution in [-0.4, -0.2) is 50.5 Å².